The van der Waals surface area contributed by atoms with Crippen LogP contribution >= 0.6 is 11.6 Å². The molecule has 2 unspecified atom stereocenters. The number of carboxylic acids is 1. The van der Waals surface area contributed by atoms with Gasteiger partial charge < -0.3 is 15.2 Å². The van der Waals surface area contributed by atoms with E-state index in [1.54, 1.807) is 30.3 Å². The van der Waals surface area contributed by atoms with E-state index in [1.165, 1.54) is 30.3 Å². The maximum absolute atomic E-state index is 15.5. The van der Waals surface area contributed by atoms with Crippen molar-refractivity contribution in [2.24, 2.45) is 0 Å². The molecule has 5 aromatic rings. The molecule has 0 saturated carbocycles. The number of carboxylic acid groups (broad SMARTS) is 1. The molecule has 0 aliphatic carbocycles. The summed E-state index contributed by atoms with van der Waals surface area (Å²) in [6.07, 6.45) is -3.52. The minimum atomic E-state index is -4.83. The van der Waals surface area contributed by atoms with E-state index in [1.807, 2.05) is 31.2 Å². The lowest BCUT2D eigenvalue weighted by Gasteiger charge is -2.28. The number of H-pyrrole nitrogens is 1. The van der Waals surface area contributed by atoms with Gasteiger partial charge in [-0.15, -0.1) is 13.2 Å². The Kier molecular flexibility index (Phi) is 10.1. The molecule has 2 atom stereocenters. The predicted octanol–water partition coefficient (Wildman–Crippen LogP) is 8.84. The molecule has 1 aromatic heterocycles. The fourth-order valence-electron chi connectivity index (χ4n) is 5.72. The van der Waals surface area contributed by atoms with Crippen LogP contribution in [0.1, 0.15) is 65.2 Å². The van der Waals surface area contributed by atoms with Gasteiger partial charge in [0.05, 0.1) is 12.1 Å². The van der Waals surface area contributed by atoms with E-state index in [0.29, 0.717) is 39.2 Å². The second-order valence-corrected chi connectivity index (χ2v) is 11.4. The first-order valence-corrected chi connectivity index (χ1v) is 15.2. The molecule has 0 aliphatic heterocycles. The van der Waals surface area contributed by atoms with Crippen molar-refractivity contribution in [3.8, 4) is 16.9 Å². The number of halogens is 5. The first-order valence-electron chi connectivity index (χ1n) is 14.8. The molecule has 4 aromatic carbocycles. The van der Waals surface area contributed by atoms with Crippen molar-refractivity contribution < 1.29 is 37.0 Å². The number of fused-ring (bicyclic) bond motifs is 1. The number of carbonyl (C=O) groups is 2. The molecule has 1 amide bonds. The van der Waals surface area contributed by atoms with Gasteiger partial charge in [-0.25, -0.2) is 4.39 Å². The molecule has 0 aliphatic rings. The number of carbonyl (C=O) groups excluding carboxylic acids is 1. The van der Waals surface area contributed by atoms with Crippen molar-refractivity contribution in [1.29, 1.82) is 0 Å². The Morgan fingerprint density at radius 1 is 0.957 bits per heavy atom. The van der Waals surface area contributed by atoms with Crippen molar-refractivity contribution >= 4 is 34.4 Å². The van der Waals surface area contributed by atoms with Gasteiger partial charge >= 0.3 is 12.3 Å². The summed E-state index contributed by atoms with van der Waals surface area (Å²) >= 11 is 6.24. The quantitative estimate of drug-likeness (QED) is 0.115. The number of hydrogen-bond acceptors (Lipinski definition) is 4. The molecular weight excluding hydrogens is 638 g/mol. The van der Waals surface area contributed by atoms with Gasteiger partial charge in [0.2, 0.25) is 0 Å². The third-order valence-electron chi connectivity index (χ3n) is 7.83. The predicted molar refractivity (Wildman–Crippen MR) is 170 cm³/mol. The third-order valence-corrected chi connectivity index (χ3v) is 8.08. The monoisotopic (exact) mass is 667 g/mol. The fourth-order valence-corrected chi connectivity index (χ4v) is 5.85. The van der Waals surface area contributed by atoms with Gasteiger partial charge in [0.1, 0.15) is 11.3 Å². The standard InChI is InChI=1S/C35H30ClF4N3O4/c1-2-3-27(21-4-6-23(7-5-21)34(46)41-17-16-30(44)45)31(22-8-12-25(36)13-9-22)33-28-18-24(19-29(37)32(28)42-43-33)20-10-14-26(15-11-20)47-35(38,39)40/h4-15,18-19,27,31H,2-3,16-17H2,1H3,(H,41,46)(H,42,43)(H,44,45). The smallest absolute Gasteiger partial charge is 0.481 e. The van der Waals surface area contributed by atoms with Crippen molar-refractivity contribution in [3.63, 3.8) is 0 Å². The Morgan fingerprint density at radius 2 is 1.62 bits per heavy atom. The summed E-state index contributed by atoms with van der Waals surface area (Å²) in [6, 6.07) is 22.6. The van der Waals surface area contributed by atoms with Crippen LogP contribution in [0.2, 0.25) is 5.02 Å². The van der Waals surface area contributed by atoms with Gasteiger partial charge in [0, 0.05) is 28.4 Å². The number of alkyl halides is 3. The molecule has 0 saturated heterocycles. The van der Waals surface area contributed by atoms with E-state index < -0.39 is 18.1 Å². The van der Waals surface area contributed by atoms with Gasteiger partial charge in [-0.2, -0.15) is 5.10 Å². The Bertz CT molecular complexity index is 1860. The lowest BCUT2D eigenvalue weighted by molar-refractivity contribution is -0.274. The van der Waals surface area contributed by atoms with Crippen molar-refractivity contribution in [1.82, 2.24) is 15.5 Å². The number of aromatic nitrogens is 2. The van der Waals surface area contributed by atoms with Gasteiger partial charge in [-0.1, -0.05) is 61.3 Å². The minimum Gasteiger partial charge on any atom is -0.481 e. The largest absolute Gasteiger partial charge is 0.573 e. The number of amides is 1. The molecular formula is C35H30ClF4N3O4. The van der Waals surface area contributed by atoms with Crippen LogP contribution in [0.15, 0.2) is 84.9 Å². The molecule has 0 radical (unpaired) electrons. The number of nitrogens with zero attached hydrogens (tertiary/aromatic N) is 1. The summed E-state index contributed by atoms with van der Waals surface area (Å²) in [5, 5.41) is 19.9. The lowest BCUT2D eigenvalue weighted by Crippen LogP contribution is -2.26. The van der Waals surface area contributed by atoms with Crippen LogP contribution in [0, 0.1) is 5.82 Å². The zero-order valence-corrected chi connectivity index (χ0v) is 25.8. The molecule has 0 spiro atoms. The molecule has 1 heterocycles. The van der Waals surface area contributed by atoms with Gasteiger partial charge in [0.25, 0.3) is 5.91 Å². The SMILES string of the molecule is CCCC(c1ccc(C(=O)NCCC(=O)O)cc1)C(c1ccc(Cl)cc1)c1[nH]nc2c(F)cc(-c3ccc(OC(F)(F)F)cc3)cc12. The summed E-state index contributed by atoms with van der Waals surface area (Å²) in [6.45, 7) is 2.05. The highest BCUT2D eigenvalue weighted by Gasteiger charge is 2.32. The van der Waals surface area contributed by atoms with E-state index >= 15 is 4.39 Å². The van der Waals surface area contributed by atoms with Gasteiger partial charge in [0.15, 0.2) is 5.82 Å². The van der Waals surface area contributed by atoms with Crippen LogP contribution in [-0.2, 0) is 4.79 Å². The van der Waals surface area contributed by atoms with Crippen LogP contribution in [-0.4, -0.2) is 40.1 Å². The summed E-state index contributed by atoms with van der Waals surface area (Å²) in [5.74, 6) is -2.93. The highest BCUT2D eigenvalue weighted by molar-refractivity contribution is 6.30. The second kappa shape index (κ2) is 14.3. The van der Waals surface area contributed by atoms with Crippen LogP contribution in [0.4, 0.5) is 17.6 Å². The molecule has 47 heavy (non-hydrogen) atoms. The Hall–Kier alpha value is -4.90. The molecule has 5 rings (SSSR count). The van der Waals surface area contributed by atoms with Crippen LogP contribution in [0.3, 0.4) is 0 Å². The maximum atomic E-state index is 15.5. The summed E-state index contributed by atoms with van der Waals surface area (Å²) in [5.41, 5.74) is 3.84. The Labute approximate surface area is 272 Å². The van der Waals surface area contributed by atoms with E-state index in [-0.39, 0.29) is 42.0 Å². The molecule has 0 fully saturated rings. The number of benzene rings is 4. The van der Waals surface area contributed by atoms with E-state index in [9.17, 15) is 22.8 Å². The van der Waals surface area contributed by atoms with Crippen LogP contribution in [0.25, 0.3) is 22.0 Å². The fraction of sp³-hybridized carbons (Fsp3) is 0.229. The zero-order valence-electron chi connectivity index (χ0n) is 25.1. The lowest BCUT2D eigenvalue weighted by atomic mass is 9.76. The summed E-state index contributed by atoms with van der Waals surface area (Å²) in [4.78, 5) is 23.4. The Morgan fingerprint density at radius 3 is 2.23 bits per heavy atom. The number of aliphatic carboxylic acids is 1. The Balaban J connectivity index is 1.56. The second-order valence-electron chi connectivity index (χ2n) is 11.0. The number of nitrogens with one attached hydrogen (secondary N) is 2. The number of ether oxygens (including phenoxy) is 1. The number of rotatable bonds is 12. The zero-order chi connectivity index (χ0) is 33.7. The first-order chi connectivity index (χ1) is 22.4. The molecule has 244 valence electrons. The van der Waals surface area contributed by atoms with E-state index in [4.69, 9.17) is 16.7 Å². The molecule has 3 N–H and O–H groups in total. The highest BCUT2D eigenvalue weighted by atomic mass is 35.5. The number of hydrogen-bond donors (Lipinski definition) is 3. The average Bonchev–Trinajstić information content (AvgIpc) is 3.45. The van der Waals surface area contributed by atoms with E-state index in [2.05, 4.69) is 20.3 Å². The van der Waals surface area contributed by atoms with E-state index in [0.717, 1.165) is 17.5 Å². The van der Waals surface area contributed by atoms with Crippen molar-refractivity contribution in [3.05, 3.63) is 118 Å². The number of aromatic amines is 1. The normalized spacial score (nSPS) is 12.9. The molecule has 12 heteroatoms. The van der Waals surface area contributed by atoms with Crippen LogP contribution in [0.5, 0.6) is 5.75 Å². The topological polar surface area (TPSA) is 104 Å². The summed E-state index contributed by atoms with van der Waals surface area (Å²) in [7, 11) is 0. The van der Waals surface area contributed by atoms with Gasteiger partial charge in [-0.3, -0.25) is 14.7 Å². The molecule has 0 bridgehead atoms. The average molecular weight is 668 g/mol. The minimum absolute atomic E-state index is 0.00391. The maximum Gasteiger partial charge on any atom is 0.573 e. The highest BCUT2D eigenvalue weighted by Crippen LogP contribution is 2.44. The third kappa shape index (κ3) is 8.10. The van der Waals surface area contributed by atoms with Crippen molar-refractivity contribution in [2.75, 3.05) is 6.54 Å². The molecule has 7 nitrogen and oxygen atoms in total. The van der Waals surface area contributed by atoms with Crippen LogP contribution < -0.4 is 10.1 Å². The first kappa shape index (κ1) is 33.5. The van der Waals surface area contributed by atoms with Crippen molar-refractivity contribution in [2.45, 2.75) is 44.4 Å². The summed E-state index contributed by atoms with van der Waals surface area (Å²) < 4.78 is 57.6. The van der Waals surface area contributed by atoms with Gasteiger partial charge in [-0.05, 0) is 83.1 Å².